The fraction of sp³-hybridized carbons (Fsp3) is 0.296. The number of hydrogen-bond acceptors (Lipinski definition) is 5. The zero-order valence-corrected chi connectivity index (χ0v) is 19.5. The Labute approximate surface area is 199 Å². The molecule has 168 valence electrons. The Balaban J connectivity index is 1.37. The number of nitrogens with zero attached hydrogens (tertiary/aromatic N) is 2. The van der Waals surface area contributed by atoms with Gasteiger partial charge in [0.1, 0.15) is 16.8 Å². The Morgan fingerprint density at radius 1 is 1.21 bits per heavy atom. The maximum Gasteiger partial charge on any atom is 0.225 e. The first-order valence-corrected chi connectivity index (χ1v) is 12.3. The minimum Gasteiger partial charge on any atom is -0.492 e. The first-order valence-electron chi connectivity index (χ1n) is 11.3. The predicted octanol–water partition coefficient (Wildman–Crippen LogP) is 5.75. The molecule has 1 heterocycles. The zero-order chi connectivity index (χ0) is 23.0. The van der Waals surface area contributed by atoms with Gasteiger partial charge in [-0.25, -0.2) is 4.98 Å². The molecule has 0 saturated carbocycles. The summed E-state index contributed by atoms with van der Waals surface area (Å²) in [7, 11) is 0. The van der Waals surface area contributed by atoms with Crippen LogP contribution in [-0.4, -0.2) is 23.3 Å². The van der Waals surface area contributed by atoms with Gasteiger partial charge in [0.25, 0.3) is 0 Å². The van der Waals surface area contributed by atoms with Crippen LogP contribution in [0.25, 0.3) is 0 Å². The quantitative estimate of drug-likeness (QED) is 0.436. The van der Waals surface area contributed by atoms with Gasteiger partial charge in [0.15, 0.2) is 0 Å². The van der Waals surface area contributed by atoms with Gasteiger partial charge in [0.2, 0.25) is 5.91 Å². The third-order valence-electron chi connectivity index (χ3n) is 5.77. The Bertz CT molecular complexity index is 1160. The number of rotatable bonds is 8. The third kappa shape index (κ3) is 5.74. The van der Waals surface area contributed by atoms with Crippen LogP contribution in [0.2, 0.25) is 0 Å². The number of anilines is 1. The summed E-state index contributed by atoms with van der Waals surface area (Å²) < 4.78 is 5.56. The van der Waals surface area contributed by atoms with Gasteiger partial charge >= 0.3 is 0 Å². The molecule has 2 aromatic carbocycles. The summed E-state index contributed by atoms with van der Waals surface area (Å²) in [5.74, 6) is 1.60. The Morgan fingerprint density at radius 2 is 2.00 bits per heavy atom. The van der Waals surface area contributed by atoms with Crippen molar-refractivity contribution in [3.63, 3.8) is 0 Å². The van der Waals surface area contributed by atoms with E-state index in [1.165, 1.54) is 22.9 Å². The molecule has 5 nitrogen and oxygen atoms in total. The molecule has 1 atom stereocenters. The minimum atomic E-state index is -0.0863. The van der Waals surface area contributed by atoms with Crippen LogP contribution in [-0.2, 0) is 17.6 Å². The molecule has 0 spiro atoms. The van der Waals surface area contributed by atoms with Crippen molar-refractivity contribution in [2.45, 2.75) is 43.6 Å². The molecule has 6 heteroatoms. The number of ether oxygens (including phenoxy) is 1. The maximum absolute atomic E-state index is 12.5. The van der Waals surface area contributed by atoms with E-state index in [-0.39, 0.29) is 5.91 Å². The summed E-state index contributed by atoms with van der Waals surface area (Å²) in [6.07, 6.45) is 3.20. The van der Waals surface area contributed by atoms with Gasteiger partial charge < -0.3 is 10.1 Å². The molecular weight excluding hydrogens is 430 g/mol. The molecule has 1 amide bonds. The second-order valence-electron chi connectivity index (χ2n) is 7.98. The number of pyridine rings is 1. The van der Waals surface area contributed by atoms with E-state index in [1.54, 1.807) is 0 Å². The van der Waals surface area contributed by atoms with Crippen LogP contribution in [0.5, 0.6) is 5.75 Å². The van der Waals surface area contributed by atoms with Gasteiger partial charge in [-0.2, -0.15) is 5.26 Å². The molecule has 1 N–H and O–H groups in total. The molecule has 0 bridgehead atoms. The Morgan fingerprint density at radius 3 is 2.79 bits per heavy atom. The molecule has 1 unspecified atom stereocenters. The fourth-order valence-electron chi connectivity index (χ4n) is 4.15. The Kier molecular flexibility index (Phi) is 7.64. The van der Waals surface area contributed by atoms with Crippen molar-refractivity contribution < 1.29 is 9.53 Å². The number of carbonyl (C=O) groups excluding carboxylic acids is 1. The third-order valence-corrected chi connectivity index (χ3v) is 6.77. The lowest BCUT2D eigenvalue weighted by Gasteiger charge is -2.25. The molecular formula is C27H27N3O2S. The lowest BCUT2D eigenvalue weighted by molar-refractivity contribution is -0.115. The van der Waals surface area contributed by atoms with Gasteiger partial charge in [-0.3, -0.25) is 4.79 Å². The number of nitrogens with one attached hydrogen (secondary N) is 1. The topological polar surface area (TPSA) is 75.0 Å². The van der Waals surface area contributed by atoms with Crippen molar-refractivity contribution in [3.05, 3.63) is 83.0 Å². The van der Waals surface area contributed by atoms with Gasteiger partial charge in [-0.05, 0) is 61.4 Å². The number of amides is 1. The highest BCUT2D eigenvalue weighted by Gasteiger charge is 2.23. The van der Waals surface area contributed by atoms with Crippen molar-refractivity contribution in [2.75, 3.05) is 17.7 Å². The number of nitriles is 1. The van der Waals surface area contributed by atoms with E-state index in [1.807, 2.05) is 43.3 Å². The van der Waals surface area contributed by atoms with E-state index in [2.05, 4.69) is 35.7 Å². The van der Waals surface area contributed by atoms with E-state index in [0.717, 1.165) is 30.0 Å². The summed E-state index contributed by atoms with van der Waals surface area (Å²) in [6, 6.07) is 22.3. The van der Waals surface area contributed by atoms with Crippen LogP contribution in [0.4, 0.5) is 5.69 Å². The van der Waals surface area contributed by atoms with E-state index in [4.69, 9.17) is 9.72 Å². The standard InChI is InChI=1S/C27H27N3O2S/c1-2-32-25-11-7-6-10-24(25)29-26(31)14-15-33-27-22(18-28)17-21-16-20(12-13-23(21)30-27)19-8-4-3-5-9-19/h3-11,17,20H,2,12-16H2,1H3,(H,29,31). The molecule has 4 rings (SSSR count). The number of benzene rings is 2. The SMILES string of the molecule is CCOc1ccccc1NC(=O)CCSc1nc2c(cc1C#N)CC(c1ccccc1)CC2. The molecule has 0 aliphatic heterocycles. The first kappa shape index (κ1) is 22.9. The van der Waals surface area contributed by atoms with Crippen LogP contribution < -0.4 is 10.1 Å². The molecule has 1 aliphatic rings. The van der Waals surface area contributed by atoms with E-state index < -0.39 is 0 Å². The average Bonchev–Trinajstić information content (AvgIpc) is 2.85. The Hall–Kier alpha value is -3.30. The fourth-order valence-corrected chi connectivity index (χ4v) is 5.07. The second kappa shape index (κ2) is 11.0. The van der Waals surface area contributed by atoms with Crippen LogP contribution in [0, 0.1) is 11.3 Å². The highest BCUT2D eigenvalue weighted by molar-refractivity contribution is 7.99. The van der Waals surface area contributed by atoms with Gasteiger partial charge in [-0.1, -0.05) is 42.5 Å². The zero-order valence-electron chi connectivity index (χ0n) is 18.7. The molecule has 0 fully saturated rings. The van der Waals surface area contributed by atoms with E-state index in [0.29, 0.717) is 41.7 Å². The molecule has 1 aliphatic carbocycles. The number of hydrogen-bond donors (Lipinski definition) is 1. The molecule has 1 aromatic heterocycles. The molecule has 0 saturated heterocycles. The van der Waals surface area contributed by atoms with Crippen LogP contribution in [0.1, 0.15) is 48.1 Å². The van der Waals surface area contributed by atoms with Gasteiger partial charge in [0, 0.05) is 17.9 Å². The maximum atomic E-state index is 12.5. The number of thioether (sulfide) groups is 1. The number of aromatic nitrogens is 1. The molecule has 3 aromatic rings. The predicted molar refractivity (Wildman–Crippen MR) is 132 cm³/mol. The van der Waals surface area contributed by atoms with Crippen molar-refractivity contribution in [3.8, 4) is 11.8 Å². The van der Waals surface area contributed by atoms with Gasteiger partial charge in [-0.15, -0.1) is 11.8 Å². The summed E-state index contributed by atoms with van der Waals surface area (Å²) >= 11 is 1.47. The average molecular weight is 458 g/mol. The largest absolute Gasteiger partial charge is 0.492 e. The van der Waals surface area contributed by atoms with Crippen LogP contribution in [0.15, 0.2) is 65.7 Å². The lowest BCUT2D eigenvalue weighted by atomic mass is 9.82. The normalized spacial score (nSPS) is 14.7. The van der Waals surface area contributed by atoms with Gasteiger partial charge in [0.05, 0.1) is 17.9 Å². The van der Waals surface area contributed by atoms with Crippen molar-refractivity contribution in [2.24, 2.45) is 0 Å². The smallest absolute Gasteiger partial charge is 0.225 e. The summed E-state index contributed by atoms with van der Waals surface area (Å²) in [4.78, 5) is 17.3. The highest BCUT2D eigenvalue weighted by atomic mass is 32.2. The summed E-state index contributed by atoms with van der Waals surface area (Å²) in [6.45, 7) is 2.45. The van der Waals surface area contributed by atoms with E-state index in [9.17, 15) is 10.1 Å². The molecule has 33 heavy (non-hydrogen) atoms. The second-order valence-corrected chi connectivity index (χ2v) is 9.07. The number of fused-ring (bicyclic) bond motifs is 1. The van der Waals surface area contributed by atoms with Crippen LogP contribution >= 0.6 is 11.8 Å². The number of para-hydroxylation sites is 2. The van der Waals surface area contributed by atoms with E-state index >= 15 is 0 Å². The van der Waals surface area contributed by atoms with Crippen LogP contribution in [0.3, 0.4) is 0 Å². The minimum absolute atomic E-state index is 0.0863. The lowest BCUT2D eigenvalue weighted by Crippen LogP contribution is -2.15. The number of carbonyl (C=O) groups is 1. The summed E-state index contributed by atoms with van der Waals surface area (Å²) in [5.41, 5.74) is 4.86. The van der Waals surface area contributed by atoms with Crippen molar-refractivity contribution >= 4 is 23.4 Å². The molecule has 0 radical (unpaired) electrons. The van der Waals surface area contributed by atoms with Crippen molar-refractivity contribution in [1.29, 1.82) is 5.26 Å². The van der Waals surface area contributed by atoms with Crippen molar-refractivity contribution in [1.82, 2.24) is 4.98 Å². The number of aryl methyl sites for hydroxylation is 1. The summed E-state index contributed by atoms with van der Waals surface area (Å²) in [5, 5.41) is 13.3. The highest BCUT2D eigenvalue weighted by Crippen LogP contribution is 2.34. The monoisotopic (exact) mass is 457 g/mol. The first-order chi connectivity index (χ1) is 16.2.